The number of aromatic nitrogens is 1. The monoisotopic (exact) mass is 254 g/mol. The largest absolute Gasteiger partial charge is 0.313 e. The van der Waals surface area contributed by atoms with E-state index in [0.717, 1.165) is 6.42 Å². The maximum atomic E-state index is 4.18. The minimum absolute atomic E-state index is 0.338. The molecule has 0 saturated heterocycles. The lowest BCUT2D eigenvalue weighted by Crippen LogP contribution is -2.18. The first-order valence-corrected chi connectivity index (χ1v) is 6.86. The summed E-state index contributed by atoms with van der Waals surface area (Å²) in [5.74, 6) is 0.584. The van der Waals surface area contributed by atoms with Crippen molar-refractivity contribution in [2.45, 2.75) is 32.2 Å². The van der Waals surface area contributed by atoms with E-state index in [1.165, 1.54) is 16.7 Å². The summed E-state index contributed by atoms with van der Waals surface area (Å²) >= 11 is 0. The van der Waals surface area contributed by atoms with Gasteiger partial charge in [0.15, 0.2) is 0 Å². The molecule has 1 heterocycles. The van der Waals surface area contributed by atoms with Crippen molar-refractivity contribution in [2.24, 2.45) is 0 Å². The van der Waals surface area contributed by atoms with Gasteiger partial charge in [-0.15, -0.1) is 0 Å². The van der Waals surface area contributed by atoms with Crippen LogP contribution in [-0.4, -0.2) is 12.0 Å². The van der Waals surface area contributed by atoms with Crippen LogP contribution in [0.5, 0.6) is 0 Å². The SMILES string of the molecule is CNC(Cc1cccnc1)c1ccc(C(C)C)cc1. The third-order valence-corrected chi connectivity index (χ3v) is 3.52. The highest BCUT2D eigenvalue weighted by atomic mass is 14.9. The predicted octanol–water partition coefficient (Wildman–Crippen LogP) is 3.71. The Labute approximate surface area is 115 Å². The van der Waals surface area contributed by atoms with Crippen LogP contribution in [0, 0.1) is 0 Å². The molecule has 0 aliphatic carbocycles. The second-order valence-electron chi connectivity index (χ2n) is 5.23. The van der Waals surface area contributed by atoms with Gasteiger partial charge in [0.1, 0.15) is 0 Å². The molecule has 2 nitrogen and oxygen atoms in total. The van der Waals surface area contributed by atoms with Crippen molar-refractivity contribution in [2.75, 3.05) is 7.05 Å². The fourth-order valence-electron chi connectivity index (χ4n) is 2.25. The number of nitrogens with zero attached hydrogens (tertiary/aromatic N) is 1. The number of likely N-dealkylation sites (N-methyl/N-ethyl adjacent to an activating group) is 1. The maximum Gasteiger partial charge on any atom is 0.0358 e. The van der Waals surface area contributed by atoms with Crippen molar-refractivity contribution in [1.82, 2.24) is 10.3 Å². The Morgan fingerprint density at radius 2 is 1.74 bits per heavy atom. The summed E-state index contributed by atoms with van der Waals surface area (Å²) in [5, 5.41) is 3.39. The molecule has 0 aliphatic rings. The topological polar surface area (TPSA) is 24.9 Å². The van der Waals surface area contributed by atoms with Crippen molar-refractivity contribution < 1.29 is 0 Å². The average molecular weight is 254 g/mol. The predicted molar refractivity (Wildman–Crippen MR) is 80.3 cm³/mol. The summed E-state index contributed by atoms with van der Waals surface area (Å²) in [6, 6.07) is 13.4. The highest BCUT2D eigenvalue weighted by Gasteiger charge is 2.10. The molecule has 2 heteroatoms. The van der Waals surface area contributed by atoms with Crippen LogP contribution in [0.2, 0.25) is 0 Å². The molecular formula is C17H22N2. The molecule has 0 fully saturated rings. The van der Waals surface area contributed by atoms with Gasteiger partial charge >= 0.3 is 0 Å². The molecule has 0 spiro atoms. The minimum Gasteiger partial charge on any atom is -0.313 e. The van der Waals surface area contributed by atoms with E-state index in [1.54, 1.807) is 0 Å². The molecule has 1 unspecified atom stereocenters. The zero-order valence-electron chi connectivity index (χ0n) is 11.9. The summed E-state index contributed by atoms with van der Waals surface area (Å²) in [4.78, 5) is 4.18. The average Bonchev–Trinajstić information content (AvgIpc) is 2.46. The van der Waals surface area contributed by atoms with E-state index in [1.807, 2.05) is 25.5 Å². The van der Waals surface area contributed by atoms with Gasteiger partial charge in [0.25, 0.3) is 0 Å². The van der Waals surface area contributed by atoms with Crippen molar-refractivity contribution in [3.05, 3.63) is 65.5 Å². The molecule has 1 N–H and O–H groups in total. The lowest BCUT2D eigenvalue weighted by molar-refractivity contribution is 0.590. The van der Waals surface area contributed by atoms with Crippen molar-refractivity contribution in [1.29, 1.82) is 0 Å². The Bertz CT molecular complexity index is 488. The van der Waals surface area contributed by atoms with Gasteiger partial charge in [-0.1, -0.05) is 44.2 Å². The van der Waals surface area contributed by atoms with E-state index in [9.17, 15) is 0 Å². The zero-order valence-corrected chi connectivity index (χ0v) is 11.9. The number of pyridine rings is 1. The molecule has 1 aromatic carbocycles. The van der Waals surface area contributed by atoms with E-state index >= 15 is 0 Å². The number of benzene rings is 1. The Kier molecular flexibility index (Phi) is 4.69. The van der Waals surface area contributed by atoms with Crippen LogP contribution < -0.4 is 5.32 Å². The standard InChI is InChI=1S/C17H22N2/c1-13(2)15-6-8-16(9-7-15)17(18-3)11-14-5-4-10-19-12-14/h4-10,12-13,17-18H,11H2,1-3H3. The van der Waals surface area contributed by atoms with Crippen LogP contribution in [-0.2, 0) is 6.42 Å². The normalized spacial score (nSPS) is 12.6. The third kappa shape index (κ3) is 3.65. The van der Waals surface area contributed by atoms with Gasteiger partial charge in [-0.2, -0.15) is 0 Å². The van der Waals surface area contributed by atoms with E-state index in [4.69, 9.17) is 0 Å². The van der Waals surface area contributed by atoms with E-state index in [0.29, 0.717) is 12.0 Å². The molecule has 100 valence electrons. The maximum absolute atomic E-state index is 4.18. The summed E-state index contributed by atoms with van der Waals surface area (Å²) < 4.78 is 0. The molecule has 0 bridgehead atoms. The van der Waals surface area contributed by atoms with E-state index < -0.39 is 0 Å². The van der Waals surface area contributed by atoms with Gasteiger partial charge < -0.3 is 5.32 Å². The van der Waals surface area contributed by atoms with Gasteiger partial charge in [0.05, 0.1) is 0 Å². The molecule has 1 aromatic heterocycles. The quantitative estimate of drug-likeness (QED) is 0.880. The van der Waals surface area contributed by atoms with Crippen LogP contribution in [0.3, 0.4) is 0 Å². The van der Waals surface area contributed by atoms with Gasteiger partial charge in [-0.3, -0.25) is 4.98 Å². The van der Waals surface area contributed by atoms with Crippen molar-refractivity contribution >= 4 is 0 Å². The molecule has 2 rings (SSSR count). The summed E-state index contributed by atoms with van der Waals surface area (Å²) in [5.41, 5.74) is 3.98. The fourth-order valence-corrected chi connectivity index (χ4v) is 2.25. The van der Waals surface area contributed by atoms with Gasteiger partial charge in [0, 0.05) is 18.4 Å². The van der Waals surface area contributed by atoms with Crippen molar-refractivity contribution in [3.63, 3.8) is 0 Å². The van der Waals surface area contributed by atoms with Crippen LogP contribution in [0.15, 0.2) is 48.8 Å². The van der Waals surface area contributed by atoms with E-state index in [2.05, 4.69) is 54.5 Å². The molecule has 0 aliphatic heterocycles. The Morgan fingerprint density at radius 3 is 2.26 bits per heavy atom. The van der Waals surface area contributed by atoms with Gasteiger partial charge in [-0.05, 0) is 42.1 Å². The van der Waals surface area contributed by atoms with Crippen LogP contribution in [0.4, 0.5) is 0 Å². The van der Waals surface area contributed by atoms with Gasteiger partial charge in [0.2, 0.25) is 0 Å². The second-order valence-corrected chi connectivity index (χ2v) is 5.23. The number of rotatable bonds is 5. The lowest BCUT2D eigenvalue weighted by Gasteiger charge is -2.17. The smallest absolute Gasteiger partial charge is 0.0358 e. The molecule has 19 heavy (non-hydrogen) atoms. The first-order chi connectivity index (χ1) is 9.20. The Hall–Kier alpha value is -1.67. The first-order valence-electron chi connectivity index (χ1n) is 6.86. The second kappa shape index (κ2) is 6.48. The Morgan fingerprint density at radius 1 is 1.05 bits per heavy atom. The minimum atomic E-state index is 0.338. The molecular weight excluding hydrogens is 232 g/mol. The highest BCUT2D eigenvalue weighted by Crippen LogP contribution is 2.21. The van der Waals surface area contributed by atoms with E-state index in [-0.39, 0.29) is 0 Å². The molecule has 0 radical (unpaired) electrons. The first kappa shape index (κ1) is 13.8. The van der Waals surface area contributed by atoms with Crippen LogP contribution in [0.25, 0.3) is 0 Å². The summed E-state index contributed by atoms with van der Waals surface area (Å²) in [6.45, 7) is 4.44. The Balaban J connectivity index is 2.13. The third-order valence-electron chi connectivity index (χ3n) is 3.52. The zero-order chi connectivity index (χ0) is 13.7. The summed E-state index contributed by atoms with van der Waals surface area (Å²) in [6.07, 6.45) is 4.72. The fraction of sp³-hybridized carbons (Fsp3) is 0.353. The number of nitrogens with one attached hydrogen (secondary N) is 1. The van der Waals surface area contributed by atoms with Crippen LogP contribution in [0.1, 0.15) is 42.5 Å². The highest BCUT2D eigenvalue weighted by molar-refractivity contribution is 5.28. The molecule has 1 atom stereocenters. The number of hydrogen-bond donors (Lipinski definition) is 1. The number of hydrogen-bond acceptors (Lipinski definition) is 2. The van der Waals surface area contributed by atoms with Crippen LogP contribution >= 0.6 is 0 Å². The molecule has 2 aromatic rings. The molecule has 0 amide bonds. The summed E-state index contributed by atoms with van der Waals surface area (Å²) in [7, 11) is 2.01. The van der Waals surface area contributed by atoms with Crippen molar-refractivity contribution in [3.8, 4) is 0 Å². The lowest BCUT2D eigenvalue weighted by atomic mass is 9.96. The molecule has 0 saturated carbocycles. The van der Waals surface area contributed by atoms with Gasteiger partial charge in [-0.25, -0.2) is 0 Å².